The van der Waals surface area contributed by atoms with E-state index in [4.69, 9.17) is 11.6 Å². The number of aryl methyl sites for hydroxylation is 1. The number of anilines is 1. The van der Waals surface area contributed by atoms with Crippen molar-refractivity contribution in [3.8, 4) is 0 Å². The molecule has 174 valence electrons. The summed E-state index contributed by atoms with van der Waals surface area (Å²) >= 11 is 6.12. The molecule has 3 atom stereocenters. The van der Waals surface area contributed by atoms with E-state index in [1.165, 1.54) is 16.6 Å². The summed E-state index contributed by atoms with van der Waals surface area (Å²) in [4.78, 5) is 26.4. The number of piperazine rings is 1. The summed E-state index contributed by atoms with van der Waals surface area (Å²) in [5.41, 5.74) is 4.39. The van der Waals surface area contributed by atoms with Gasteiger partial charge in [-0.2, -0.15) is 0 Å². The molecular weight excluding hydrogens is 434 g/mol. The van der Waals surface area contributed by atoms with E-state index in [1.54, 1.807) is 0 Å². The lowest BCUT2D eigenvalue weighted by Gasteiger charge is -2.43. The first-order valence-corrected chi connectivity index (χ1v) is 12.3. The minimum absolute atomic E-state index is 0.209. The lowest BCUT2D eigenvalue weighted by Crippen LogP contribution is -2.57. The largest absolute Gasteiger partial charge is 0.367 e. The van der Waals surface area contributed by atoms with Gasteiger partial charge in [0, 0.05) is 66.2 Å². The lowest BCUT2D eigenvalue weighted by molar-refractivity contribution is -0.136. The number of fused-ring (bicyclic) bond motifs is 3. The summed E-state index contributed by atoms with van der Waals surface area (Å²) in [6.07, 6.45) is 6.01. The second-order valence-corrected chi connectivity index (χ2v) is 10.2. The van der Waals surface area contributed by atoms with Crippen molar-refractivity contribution in [1.29, 1.82) is 0 Å². The van der Waals surface area contributed by atoms with Gasteiger partial charge in [-0.05, 0) is 49.1 Å². The van der Waals surface area contributed by atoms with E-state index in [-0.39, 0.29) is 23.9 Å². The van der Waals surface area contributed by atoms with E-state index in [0.29, 0.717) is 17.6 Å². The van der Waals surface area contributed by atoms with Crippen LogP contribution < -0.4 is 10.2 Å². The van der Waals surface area contributed by atoms with Crippen molar-refractivity contribution in [3.05, 3.63) is 58.9 Å². The Balaban J connectivity index is 1.40. The predicted molar refractivity (Wildman–Crippen MR) is 134 cm³/mol. The Morgan fingerprint density at radius 1 is 1.18 bits per heavy atom. The monoisotopic (exact) mass is 465 g/mol. The van der Waals surface area contributed by atoms with E-state index in [9.17, 15) is 4.79 Å². The van der Waals surface area contributed by atoms with Crippen LogP contribution in [0, 0.1) is 6.92 Å². The summed E-state index contributed by atoms with van der Waals surface area (Å²) in [6, 6.07) is 10.6. The maximum absolute atomic E-state index is 13.9. The normalized spacial score (nSPS) is 21.2. The molecular formula is C26H32ClN5O. The number of aromatic nitrogens is 2. The number of halogens is 1. The second kappa shape index (κ2) is 8.99. The van der Waals surface area contributed by atoms with Crippen LogP contribution in [0.15, 0.2) is 42.7 Å². The number of pyridine rings is 1. The Morgan fingerprint density at radius 2 is 1.88 bits per heavy atom. The molecule has 33 heavy (non-hydrogen) atoms. The third-order valence-electron chi connectivity index (χ3n) is 7.13. The van der Waals surface area contributed by atoms with E-state index in [2.05, 4.69) is 51.9 Å². The number of amides is 1. The molecule has 3 aromatic rings. The van der Waals surface area contributed by atoms with Crippen molar-refractivity contribution in [2.45, 2.75) is 57.7 Å². The van der Waals surface area contributed by atoms with Crippen molar-refractivity contribution in [1.82, 2.24) is 20.2 Å². The Morgan fingerprint density at radius 3 is 2.55 bits per heavy atom. The Bertz CT molecular complexity index is 1130. The summed E-state index contributed by atoms with van der Waals surface area (Å²) in [6.45, 7) is 8.70. The number of benzene rings is 1. The molecule has 2 bridgehead atoms. The Labute approximate surface area is 200 Å². The third-order valence-corrected chi connectivity index (χ3v) is 7.38. The van der Waals surface area contributed by atoms with Crippen LogP contribution in [0.4, 0.5) is 5.69 Å². The van der Waals surface area contributed by atoms with Crippen LogP contribution in [0.3, 0.4) is 0 Å². The number of nitrogens with one attached hydrogen (secondary N) is 2. The first kappa shape index (κ1) is 22.2. The number of carbonyl (C=O) groups excluding carboxylic acids is 1. The molecule has 5 rings (SSSR count). The topological polar surface area (TPSA) is 64.3 Å². The number of H-pyrrole nitrogens is 1. The highest BCUT2D eigenvalue weighted by Gasteiger charge is 2.44. The number of nitrogens with zero attached hydrogens (tertiary/aromatic N) is 3. The molecule has 0 saturated carbocycles. The molecule has 2 N–H and O–H groups in total. The van der Waals surface area contributed by atoms with Crippen LogP contribution in [0.25, 0.3) is 11.0 Å². The minimum atomic E-state index is -0.209. The van der Waals surface area contributed by atoms with Crippen molar-refractivity contribution < 1.29 is 4.79 Å². The maximum atomic E-state index is 13.9. The molecule has 2 aliphatic rings. The van der Waals surface area contributed by atoms with Crippen LogP contribution in [-0.4, -0.2) is 58.5 Å². The fourth-order valence-electron chi connectivity index (χ4n) is 5.50. The van der Waals surface area contributed by atoms with Crippen LogP contribution in [0.2, 0.25) is 5.02 Å². The molecule has 2 aliphatic heterocycles. The highest BCUT2D eigenvalue weighted by molar-refractivity contribution is 6.30. The van der Waals surface area contributed by atoms with Crippen molar-refractivity contribution in [3.63, 3.8) is 0 Å². The number of aromatic amines is 1. The van der Waals surface area contributed by atoms with Crippen LogP contribution in [-0.2, 0) is 4.79 Å². The van der Waals surface area contributed by atoms with Gasteiger partial charge in [0.05, 0.1) is 5.92 Å². The van der Waals surface area contributed by atoms with Gasteiger partial charge in [-0.25, -0.2) is 4.98 Å². The van der Waals surface area contributed by atoms with Gasteiger partial charge in [0.15, 0.2) is 0 Å². The molecule has 1 amide bonds. The van der Waals surface area contributed by atoms with Gasteiger partial charge in [-0.3, -0.25) is 4.79 Å². The zero-order chi connectivity index (χ0) is 23.1. The SMILES string of the molecule is Cc1c[nH]c2nccc(N3C[C@H]4CC[C@@H](C3)N4C(=O)[C@H](CNC(C)C)c3ccc(Cl)cc3)c12. The van der Waals surface area contributed by atoms with Crippen LogP contribution in [0.5, 0.6) is 0 Å². The Kier molecular flexibility index (Phi) is 6.06. The maximum Gasteiger partial charge on any atom is 0.232 e. The lowest BCUT2D eigenvalue weighted by atomic mass is 9.95. The summed E-state index contributed by atoms with van der Waals surface area (Å²) in [7, 11) is 0. The third kappa shape index (κ3) is 4.22. The molecule has 0 unspecified atom stereocenters. The first-order valence-electron chi connectivity index (χ1n) is 11.9. The van der Waals surface area contributed by atoms with Crippen molar-refractivity contribution in [2.75, 3.05) is 24.5 Å². The van der Waals surface area contributed by atoms with E-state index < -0.39 is 0 Å². The van der Waals surface area contributed by atoms with Gasteiger partial charge in [0.2, 0.25) is 5.91 Å². The second-order valence-electron chi connectivity index (χ2n) is 9.73. The van der Waals surface area contributed by atoms with E-state index in [1.807, 2.05) is 36.7 Å². The summed E-state index contributed by atoms with van der Waals surface area (Å²) in [5, 5.41) is 5.37. The van der Waals surface area contributed by atoms with E-state index in [0.717, 1.165) is 37.1 Å². The molecule has 4 heterocycles. The van der Waals surface area contributed by atoms with Gasteiger partial charge < -0.3 is 20.1 Å². The quantitative estimate of drug-likeness (QED) is 0.563. The Hall–Kier alpha value is -2.57. The van der Waals surface area contributed by atoms with Gasteiger partial charge in [0.25, 0.3) is 0 Å². The highest BCUT2D eigenvalue weighted by atomic mass is 35.5. The number of carbonyl (C=O) groups is 1. The average molecular weight is 466 g/mol. The van der Waals surface area contributed by atoms with Gasteiger partial charge in [-0.1, -0.05) is 37.6 Å². The van der Waals surface area contributed by atoms with Gasteiger partial charge in [-0.15, -0.1) is 0 Å². The fourth-order valence-corrected chi connectivity index (χ4v) is 5.62. The van der Waals surface area contributed by atoms with Crippen molar-refractivity contribution >= 4 is 34.2 Å². The highest BCUT2D eigenvalue weighted by Crippen LogP contribution is 2.37. The van der Waals surface area contributed by atoms with Crippen LogP contribution >= 0.6 is 11.6 Å². The molecule has 0 aliphatic carbocycles. The molecule has 0 radical (unpaired) electrons. The zero-order valence-corrected chi connectivity index (χ0v) is 20.3. The fraction of sp³-hybridized carbons (Fsp3) is 0.462. The summed E-state index contributed by atoms with van der Waals surface area (Å²) < 4.78 is 0. The molecule has 2 fully saturated rings. The predicted octanol–water partition coefficient (Wildman–Crippen LogP) is 4.49. The first-order chi connectivity index (χ1) is 15.9. The zero-order valence-electron chi connectivity index (χ0n) is 19.5. The van der Waals surface area contributed by atoms with Crippen LogP contribution in [0.1, 0.15) is 43.7 Å². The number of rotatable bonds is 6. The van der Waals surface area contributed by atoms with Crippen molar-refractivity contribution in [2.24, 2.45) is 0 Å². The average Bonchev–Trinajstić information content (AvgIpc) is 3.31. The minimum Gasteiger partial charge on any atom is -0.367 e. The number of hydrogen-bond donors (Lipinski definition) is 2. The smallest absolute Gasteiger partial charge is 0.232 e. The van der Waals surface area contributed by atoms with E-state index >= 15 is 0 Å². The van der Waals surface area contributed by atoms with Gasteiger partial charge in [0.1, 0.15) is 5.65 Å². The number of hydrogen-bond acceptors (Lipinski definition) is 4. The molecule has 2 saturated heterocycles. The standard InChI is InChI=1S/C26H32ClN5O/c1-16(2)29-13-22(18-4-6-19(27)7-5-18)26(33)32-20-8-9-21(32)15-31(14-20)23-10-11-28-25-24(23)17(3)12-30-25/h4-7,10-12,16,20-22,29H,8-9,13-15H2,1-3H3,(H,28,30)/t20-,21+,22-/m1/s1. The summed E-state index contributed by atoms with van der Waals surface area (Å²) in [5.74, 6) is 0.0224. The van der Waals surface area contributed by atoms with Gasteiger partial charge >= 0.3 is 0 Å². The molecule has 7 heteroatoms. The molecule has 1 aromatic carbocycles. The molecule has 0 spiro atoms. The molecule has 6 nitrogen and oxygen atoms in total. The molecule has 2 aromatic heterocycles.